The number of ether oxygens (including phenoxy) is 1. The normalized spacial score (nSPS) is 17.9. The fourth-order valence-electron chi connectivity index (χ4n) is 3.22. The van der Waals surface area contributed by atoms with Gasteiger partial charge in [-0.1, -0.05) is 0 Å². The molecule has 2 aliphatic rings. The number of methoxy groups -OCH3 is 1. The smallest absolute Gasteiger partial charge is 0.206 e. The van der Waals surface area contributed by atoms with Crippen molar-refractivity contribution in [3.05, 3.63) is 33.7 Å². The number of rotatable bonds is 7. The van der Waals surface area contributed by atoms with E-state index in [4.69, 9.17) is 4.74 Å². The number of hydrogen-bond acceptors (Lipinski definition) is 6. The number of nitrogens with zero attached hydrogens (tertiary/aromatic N) is 4. The summed E-state index contributed by atoms with van der Waals surface area (Å²) in [5.74, 6) is 0.0555. The fraction of sp³-hybridized carbons (Fsp3) is 0.588. The van der Waals surface area contributed by atoms with Gasteiger partial charge >= 0.3 is 0 Å². The highest BCUT2D eigenvalue weighted by Crippen LogP contribution is 2.37. The number of aliphatic imine (C=N–C) groups is 1. The molecule has 0 atom stereocenters. The van der Waals surface area contributed by atoms with Crippen LogP contribution in [0.15, 0.2) is 17.1 Å². The van der Waals surface area contributed by atoms with Gasteiger partial charge in [0.1, 0.15) is 0 Å². The van der Waals surface area contributed by atoms with E-state index in [-0.39, 0.29) is 5.96 Å². The molecule has 138 valence electrons. The first-order valence-corrected chi connectivity index (χ1v) is 8.69. The van der Waals surface area contributed by atoms with Crippen molar-refractivity contribution in [1.29, 1.82) is 0 Å². The third-order valence-corrected chi connectivity index (χ3v) is 4.66. The predicted octanol–water partition coefficient (Wildman–Crippen LogP) is 1.63. The zero-order chi connectivity index (χ0) is 17.8. The van der Waals surface area contributed by atoms with Crippen molar-refractivity contribution < 1.29 is 4.74 Å². The summed E-state index contributed by atoms with van der Waals surface area (Å²) in [6.07, 6.45) is 3.80. The Kier molecular flexibility index (Phi) is 5.74. The number of anilines is 2. The van der Waals surface area contributed by atoms with Crippen molar-refractivity contribution in [2.24, 2.45) is 4.99 Å². The Morgan fingerprint density at radius 1 is 1.20 bits per heavy atom. The molecule has 0 saturated carbocycles. The maximum atomic E-state index is 12.6. The van der Waals surface area contributed by atoms with Crippen LogP contribution in [-0.2, 0) is 17.6 Å². The average molecular weight is 347 g/mol. The van der Waals surface area contributed by atoms with Crippen molar-refractivity contribution in [3.8, 4) is 0 Å². The van der Waals surface area contributed by atoms with Gasteiger partial charge in [-0.05, 0) is 62.5 Å². The number of hydroxylamine groups is 1. The summed E-state index contributed by atoms with van der Waals surface area (Å²) in [5.41, 5.74) is 5.62. The van der Waals surface area contributed by atoms with E-state index in [1.807, 2.05) is 19.2 Å². The van der Waals surface area contributed by atoms with Crippen LogP contribution in [0.25, 0.3) is 0 Å². The van der Waals surface area contributed by atoms with Gasteiger partial charge in [0.2, 0.25) is 5.96 Å². The minimum Gasteiger partial charge on any atom is -0.752 e. The second kappa shape index (κ2) is 8.01. The van der Waals surface area contributed by atoms with Gasteiger partial charge in [0, 0.05) is 20.2 Å². The highest BCUT2D eigenvalue weighted by molar-refractivity contribution is 6.04. The van der Waals surface area contributed by atoms with Gasteiger partial charge in [0.15, 0.2) is 0 Å². The highest BCUT2D eigenvalue weighted by Gasteiger charge is 2.21. The van der Waals surface area contributed by atoms with Crippen LogP contribution in [0.4, 0.5) is 11.4 Å². The first-order chi connectivity index (χ1) is 12.1. The summed E-state index contributed by atoms with van der Waals surface area (Å²) in [5, 5.41) is 26.2. The van der Waals surface area contributed by atoms with E-state index in [0.29, 0.717) is 29.7 Å². The van der Waals surface area contributed by atoms with E-state index < -0.39 is 0 Å². The van der Waals surface area contributed by atoms with Crippen molar-refractivity contribution in [1.82, 2.24) is 10.3 Å². The van der Waals surface area contributed by atoms with E-state index in [1.54, 1.807) is 7.11 Å². The molecular weight excluding hydrogens is 322 g/mol. The maximum absolute atomic E-state index is 12.6. The van der Waals surface area contributed by atoms with Crippen LogP contribution in [0, 0.1) is 10.4 Å². The number of aryl methyl sites for hydroxylation is 2. The third-order valence-electron chi connectivity index (χ3n) is 4.66. The topological polar surface area (TPSA) is 89.5 Å². The number of guanidine groups is 1. The first-order valence-electron chi connectivity index (χ1n) is 8.69. The molecule has 0 fully saturated rings. The summed E-state index contributed by atoms with van der Waals surface area (Å²) >= 11 is 0. The maximum Gasteiger partial charge on any atom is 0.206 e. The molecule has 0 amide bonds. The van der Waals surface area contributed by atoms with Gasteiger partial charge in [-0.15, -0.1) is 0 Å². The van der Waals surface area contributed by atoms with Crippen molar-refractivity contribution in [3.63, 3.8) is 0 Å². The molecule has 0 spiro atoms. The van der Waals surface area contributed by atoms with E-state index in [9.17, 15) is 10.4 Å². The number of likely N-dealkylation sites (N-methyl/N-ethyl adjacent to an activating group) is 1. The van der Waals surface area contributed by atoms with Crippen LogP contribution in [0.3, 0.4) is 0 Å². The molecule has 0 bridgehead atoms. The molecule has 1 aromatic carbocycles. The lowest BCUT2D eigenvalue weighted by Gasteiger charge is -2.46. The molecule has 1 aliphatic heterocycles. The number of hydrogen-bond donors (Lipinski definition) is 1. The molecular formula is C17H25N5O3-2. The molecule has 25 heavy (non-hydrogen) atoms. The summed E-state index contributed by atoms with van der Waals surface area (Å²) in [6.45, 7) is 2.87. The largest absolute Gasteiger partial charge is 0.752 e. The van der Waals surface area contributed by atoms with Gasteiger partial charge in [0.25, 0.3) is 0 Å². The molecule has 3 rings (SSSR count). The predicted molar refractivity (Wildman–Crippen MR) is 99.6 cm³/mol. The van der Waals surface area contributed by atoms with Crippen molar-refractivity contribution >= 4 is 17.3 Å². The van der Waals surface area contributed by atoms with Crippen LogP contribution in [0.5, 0.6) is 0 Å². The number of hydrazine groups is 1. The van der Waals surface area contributed by atoms with Crippen molar-refractivity contribution in [2.45, 2.75) is 25.7 Å². The van der Waals surface area contributed by atoms with Crippen LogP contribution in [0.2, 0.25) is 0 Å². The Labute approximate surface area is 148 Å². The standard InChI is InChI=1S/C17H25N5O3/c1-20(9-10-25-2)8-4-7-18-17-19-22(24)16-12-14-6-3-5-13(14)11-15(16)21(17)23/h11-12H,3-10H2,1-2H3,(H,18,19)/q-2. The molecule has 1 N–H and O–H groups in total. The van der Waals surface area contributed by atoms with Crippen LogP contribution in [-0.4, -0.2) is 51.3 Å². The number of benzene rings is 1. The highest BCUT2D eigenvalue weighted by atomic mass is 16.6. The van der Waals surface area contributed by atoms with E-state index in [1.165, 1.54) is 0 Å². The zero-order valence-corrected chi connectivity index (χ0v) is 14.8. The van der Waals surface area contributed by atoms with Gasteiger partial charge in [-0.3, -0.25) is 10.4 Å². The zero-order valence-electron chi connectivity index (χ0n) is 14.8. The molecule has 1 aliphatic carbocycles. The molecule has 1 heterocycles. The van der Waals surface area contributed by atoms with E-state index in [2.05, 4.69) is 15.3 Å². The molecule has 8 nitrogen and oxygen atoms in total. The lowest BCUT2D eigenvalue weighted by Crippen LogP contribution is -2.50. The summed E-state index contributed by atoms with van der Waals surface area (Å²) in [7, 11) is 3.69. The van der Waals surface area contributed by atoms with Gasteiger partial charge in [0.05, 0.1) is 18.0 Å². The van der Waals surface area contributed by atoms with Crippen molar-refractivity contribution in [2.75, 3.05) is 50.6 Å². The first kappa shape index (κ1) is 17.9. The Balaban J connectivity index is 1.62. The van der Waals surface area contributed by atoms with Crippen LogP contribution < -0.4 is 15.7 Å². The Bertz CT molecular complexity index is 637. The molecule has 0 aromatic heterocycles. The Morgan fingerprint density at radius 3 is 2.64 bits per heavy atom. The average Bonchev–Trinajstić information content (AvgIpc) is 3.07. The number of nitrogens with one attached hydrogen (secondary N) is 1. The van der Waals surface area contributed by atoms with E-state index >= 15 is 0 Å². The molecule has 0 unspecified atom stereocenters. The monoisotopic (exact) mass is 347 g/mol. The lowest BCUT2D eigenvalue weighted by atomic mass is 10.1. The van der Waals surface area contributed by atoms with Gasteiger partial charge < -0.3 is 30.3 Å². The molecule has 1 aromatic rings. The van der Waals surface area contributed by atoms with Crippen LogP contribution >= 0.6 is 0 Å². The minimum absolute atomic E-state index is 0.0555. The molecule has 0 radical (unpaired) electrons. The third kappa shape index (κ3) is 4.04. The lowest BCUT2D eigenvalue weighted by molar-refractivity contribution is 0.161. The second-order valence-electron chi connectivity index (χ2n) is 6.52. The quantitative estimate of drug-likeness (QED) is 0.750. The summed E-state index contributed by atoms with van der Waals surface area (Å²) in [6, 6.07) is 3.66. The number of fused-ring (bicyclic) bond motifs is 2. The summed E-state index contributed by atoms with van der Waals surface area (Å²) < 4.78 is 5.04. The van der Waals surface area contributed by atoms with E-state index in [0.717, 1.165) is 55.0 Å². The fourth-order valence-corrected chi connectivity index (χ4v) is 3.22. The Hall–Kier alpha value is -1.87. The van der Waals surface area contributed by atoms with Crippen LogP contribution in [0.1, 0.15) is 24.0 Å². The Morgan fingerprint density at radius 2 is 1.92 bits per heavy atom. The summed E-state index contributed by atoms with van der Waals surface area (Å²) in [4.78, 5) is 6.42. The molecule has 0 saturated heterocycles. The SMILES string of the molecule is COCCN(C)CCCN=C1NN([O-])c2cc3c(cc2N1[O-])CCC3. The van der Waals surface area contributed by atoms with Gasteiger partial charge in [-0.25, -0.2) is 0 Å². The molecule has 8 heteroatoms. The minimum atomic E-state index is 0.0555. The second-order valence-corrected chi connectivity index (χ2v) is 6.52. The van der Waals surface area contributed by atoms with Gasteiger partial charge in [-0.2, -0.15) is 0 Å².